The summed E-state index contributed by atoms with van der Waals surface area (Å²) in [5, 5.41) is 6.28. The molecule has 0 bridgehead atoms. The number of thiophene rings is 4. The number of fused-ring (bicyclic) bond motifs is 2. The third-order valence-electron chi connectivity index (χ3n) is 22.9. The van der Waals surface area contributed by atoms with Gasteiger partial charge in [0.2, 0.25) is 0 Å². The zero-order valence-corrected chi connectivity index (χ0v) is 74.6. The van der Waals surface area contributed by atoms with Crippen LogP contribution in [-0.4, -0.2) is 77.0 Å². The van der Waals surface area contributed by atoms with E-state index in [0.29, 0.717) is 72.1 Å². The first-order valence-electron chi connectivity index (χ1n) is 44.1. The average Bonchev–Trinajstić information content (AvgIpc) is 1.56. The summed E-state index contributed by atoms with van der Waals surface area (Å²) in [7, 11) is 4.34. The van der Waals surface area contributed by atoms with Gasteiger partial charge in [0, 0.05) is 26.2 Å². The number of rotatable bonds is 60. The first-order chi connectivity index (χ1) is 52.9. The van der Waals surface area contributed by atoms with E-state index in [9.17, 15) is 9.59 Å². The molecule has 0 aliphatic carbocycles. The standard InChI is InChI=1S/C46H71BrN2O2S2.C46H72N2O2S2.BHNS/c1-5-9-13-17-19-23-28-36(26-21-15-11-7-3)34-48-43(38-30-25-33-52-38)41-42(46(48)51)44(39-31-32-40(47)53-39)49(45(41)50)35-37(27-22-16-12-8-4)29-24-20-18-14-10-6-2;1-5-9-13-17-19-23-29-37(27-21-15-11-7-3)35-47-43(39-31-25-33-51-39)41-42(45(47)49)44(40-32-26-34-52-40)48(46(41)50)36-38(28-22-16-12-8-4)30-24-20-18-14-10-6-2;1-2-3/h25,30-33,36-37H,5-24,26-29,34-35H2,1-4H3;25-26,31-34,37-38H,5-24,27-30,35-36H2,1-4H3;3H. The molecular formula is C92H144BBrN5O4S5. The molecule has 4 aromatic heterocycles. The van der Waals surface area contributed by atoms with Crippen molar-refractivity contribution in [3.05, 3.63) is 110 Å². The minimum atomic E-state index is 0.0377. The Labute approximate surface area is 689 Å². The summed E-state index contributed by atoms with van der Waals surface area (Å²) in [5.41, 5.74) is 6.15. The van der Waals surface area contributed by atoms with Gasteiger partial charge in [-0.1, -0.05) is 330 Å². The Morgan fingerprint density at radius 3 is 0.694 bits per heavy atom. The molecule has 1 radical (unpaired) electrons. The summed E-state index contributed by atoms with van der Waals surface area (Å²) in [6.45, 7) is 21.0. The van der Waals surface area contributed by atoms with Crippen LogP contribution in [0.2, 0.25) is 0 Å². The van der Waals surface area contributed by atoms with Crippen LogP contribution in [0, 0.1) is 23.7 Å². The van der Waals surface area contributed by atoms with Crippen LogP contribution in [0.4, 0.5) is 0 Å². The molecule has 16 heteroatoms. The van der Waals surface area contributed by atoms with Gasteiger partial charge in [-0.05, 0) is 137 Å². The summed E-state index contributed by atoms with van der Waals surface area (Å²) in [5.74, 6) is 1.94. The van der Waals surface area contributed by atoms with Gasteiger partial charge in [-0.2, -0.15) is 0 Å². The monoisotopic (exact) mass is 1630 g/mol. The number of halogens is 1. The average molecular weight is 1640 g/mol. The summed E-state index contributed by atoms with van der Waals surface area (Å²) < 4.78 is 3.72. The Hall–Kier alpha value is -3.67. The van der Waals surface area contributed by atoms with E-state index in [0.717, 1.165) is 97.4 Å². The molecule has 4 aromatic rings. The third-order valence-corrected chi connectivity index (χ3v) is 27.2. The van der Waals surface area contributed by atoms with Crippen LogP contribution in [0.25, 0.3) is 22.8 Å². The second kappa shape index (κ2) is 55.7. The van der Waals surface area contributed by atoms with Gasteiger partial charge in [-0.15, -0.1) is 45.3 Å². The van der Waals surface area contributed by atoms with Crippen molar-refractivity contribution in [2.24, 2.45) is 28.0 Å². The van der Waals surface area contributed by atoms with Crippen LogP contribution in [0.15, 0.2) is 95.1 Å². The number of carbonyl (C=O) groups is 4. The molecule has 601 valence electrons. The first kappa shape index (κ1) is 93.2. The molecule has 4 unspecified atom stereocenters. The Bertz CT molecular complexity index is 3180. The van der Waals surface area contributed by atoms with E-state index in [1.165, 1.54) is 257 Å². The number of thiol groups is 1. The van der Waals surface area contributed by atoms with Crippen LogP contribution in [0.1, 0.15) is 383 Å². The van der Waals surface area contributed by atoms with Gasteiger partial charge >= 0.3 is 24.8 Å². The van der Waals surface area contributed by atoms with Crippen molar-refractivity contribution in [1.29, 1.82) is 0 Å². The fourth-order valence-electron chi connectivity index (χ4n) is 16.8. The van der Waals surface area contributed by atoms with Crippen molar-refractivity contribution in [2.45, 2.75) is 364 Å². The Morgan fingerprint density at radius 2 is 0.509 bits per heavy atom. The van der Waals surface area contributed by atoms with Gasteiger partial charge in [-0.3, -0.25) is 19.2 Å². The van der Waals surface area contributed by atoms with Crippen LogP contribution in [-0.2, 0) is 19.2 Å². The number of amides is 4. The fourth-order valence-corrected chi connectivity index (χ4v) is 20.6. The van der Waals surface area contributed by atoms with Crippen molar-refractivity contribution in [1.82, 2.24) is 19.6 Å². The zero-order valence-electron chi connectivity index (χ0n) is 68.8. The minimum absolute atomic E-state index is 0.0377. The second-order valence-electron chi connectivity index (χ2n) is 31.8. The molecule has 0 spiro atoms. The summed E-state index contributed by atoms with van der Waals surface area (Å²) >= 11 is 13.5. The van der Waals surface area contributed by atoms with Crippen LogP contribution < -0.4 is 0 Å². The Kier molecular flexibility index (Phi) is 48.1. The molecule has 0 fully saturated rings. The number of unbranched alkanes of at least 4 members (excludes halogenated alkanes) is 32. The normalized spacial score (nSPS) is 15.5. The maximum absolute atomic E-state index is 15.0. The molecule has 4 amide bonds. The molecule has 9 nitrogen and oxygen atoms in total. The van der Waals surface area contributed by atoms with Crippen LogP contribution in [0.5, 0.6) is 0 Å². The second-order valence-corrected chi connectivity index (χ2v) is 37.3. The fraction of sp³-hybridized carbons (Fsp3) is 0.696. The van der Waals surface area contributed by atoms with Crippen molar-refractivity contribution in [3.63, 3.8) is 0 Å². The first-order valence-corrected chi connectivity index (χ1v) is 48.7. The molecule has 0 N–H and O–H groups in total. The van der Waals surface area contributed by atoms with Gasteiger partial charge in [0.15, 0.2) is 0 Å². The van der Waals surface area contributed by atoms with Gasteiger partial charge in [0.05, 0.1) is 68.4 Å². The number of nitrogens with zero attached hydrogens (tertiary/aromatic N) is 5. The van der Waals surface area contributed by atoms with Crippen molar-refractivity contribution >= 4 is 128 Å². The van der Waals surface area contributed by atoms with E-state index >= 15 is 9.59 Å². The van der Waals surface area contributed by atoms with Crippen molar-refractivity contribution in [2.75, 3.05) is 26.2 Å². The molecule has 0 saturated heterocycles. The van der Waals surface area contributed by atoms with E-state index in [-0.39, 0.29) is 23.6 Å². The van der Waals surface area contributed by atoms with Gasteiger partial charge in [0.25, 0.3) is 23.6 Å². The van der Waals surface area contributed by atoms with E-state index in [2.05, 4.69) is 175 Å². The predicted octanol–water partition coefficient (Wildman–Crippen LogP) is 29.5. The van der Waals surface area contributed by atoms with E-state index < -0.39 is 0 Å². The molecule has 4 atom stereocenters. The Balaban J connectivity index is 0.000000326. The molecule has 8 rings (SSSR count). The summed E-state index contributed by atoms with van der Waals surface area (Å²) in [6.07, 6.45) is 60.0. The maximum atomic E-state index is 15.0. The topological polar surface area (TPSA) is 93.6 Å². The molecule has 4 aliphatic rings. The van der Waals surface area contributed by atoms with Gasteiger partial charge < -0.3 is 19.6 Å². The molecular weight excluding hydrogens is 1490 g/mol. The van der Waals surface area contributed by atoms with E-state index in [1.807, 2.05) is 4.90 Å². The predicted molar refractivity (Wildman–Crippen MR) is 478 cm³/mol. The summed E-state index contributed by atoms with van der Waals surface area (Å²) in [4.78, 5) is 72.2. The van der Waals surface area contributed by atoms with Crippen LogP contribution >= 0.6 is 74.1 Å². The number of hydrogen-bond donors (Lipinski definition) is 1. The van der Waals surface area contributed by atoms with Crippen LogP contribution in [0.3, 0.4) is 0 Å². The van der Waals surface area contributed by atoms with Crippen molar-refractivity contribution < 1.29 is 19.2 Å². The van der Waals surface area contributed by atoms with Crippen molar-refractivity contribution in [3.8, 4) is 0 Å². The molecule has 4 aliphatic heterocycles. The quantitative estimate of drug-likeness (QED) is 0.0271. The molecule has 0 aromatic carbocycles. The Morgan fingerprint density at radius 1 is 0.315 bits per heavy atom. The zero-order chi connectivity index (χ0) is 77.5. The molecule has 8 heterocycles. The number of hydrogen-bond acceptors (Lipinski definition) is 10. The van der Waals surface area contributed by atoms with Gasteiger partial charge in [-0.25, -0.2) is 0 Å². The number of carbonyl (C=O) groups excluding carboxylic acids is 4. The molecule has 108 heavy (non-hydrogen) atoms. The third kappa shape index (κ3) is 30.3. The van der Waals surface area contributed by atoms with E-state index in [4.69, 9.17) is 0 Å². The van der Waals surface area contributed by atoms with E-state index in [1.54, 1.807) is 45.3 Å². The van der Waals surface area contributed by atoms with Gasteiger partial charge in [0.1, 0.15) is 0 Å². The molecule has 0 saturated carbocycles. The SMILES string of the molecule is CCCCCCCCC(CCCCCC)CN1C(=O)C2=C(c3ccc(Br)s3)N(CC(CCCCCC)CCCCCCCC)C(=O)C2=C1c1cccs1.CCCCCCCCC(CCCCCC)CN1C(=O)C2=C(c3cccs3)N(CC(CCCCCC)CCCCCCCC)C(=O)C2=C1c1cccs1.[B]=NS. The summed E-state index contributed by atoms with van der Waals surface area (Å²) in [6, 6.07) is 16.7.